The van der Waals surface area contributed by atoms with Crippen LogP contribution in [-0.4, -0.2) is 31.9 Å². The van der Waals surface area contributed by atoms with E-state index in [0.717, 1.165) is 0 Å². The highest BCUT2D eigenvalue weighted by molar-refractivity contribution is 5.98. The summed E-state index contributed by atoms with van der Waals surface area (Å²) < 4.78 is 1.27. The van der Waals surface area contributed by atoms with Crippen molar-refractivity contribution in [2.75, 3.05) is 0 Å². The predicted octanol–water partition coefficient (Wildman–Crippen LogP) is -0.0187. The third kappa shape index (κ3) is 1.73. The monoisotopic (exact) mass is 198 g/mol. The molecule has 0 aliphatic carbocycles. The first kappa shape index (κ1) is 10.2. The Bertz CT molecular complexity index is 369. The van der Waals surface area contributed by atoms with Crippen LogP contribution in [0.15, 0.2) is 6.07 Å². The molecule has 0 aliphatic heterocycles. The van der Waals surface area contributed by atoms with Gasteiger partial charge in [0.25, 0.3) is 0 Å². The highest BCUT2D eigenvalue weighted by atomic mass is 16.4. The highest BCUT2D eigenvalue weighted by Gasteiger charge is 2.30. The molecule has 14 heavy (non-hydrogen) atoms. The summed E-state index contributed by atoms with van der Waals surface area (Å²) in [6.45, 7) is 1.67. The quantitative estimate of drug-likeness (QED) is 0.666. The Kier molecular flexibility index (Phi) is 2.55. The Morgan fingerprint density at radius 2 is 1.93 bits per heavy atom. The van der Waals surface area contributed by atoms with Crippen LogP contribution in [0.4, 0.5) is 0 Å². The lowest BCUT2D eigenvalue weighted by molar-refractivity contribution is -0.150. The number of rotatable bonds is 3. The van der Waals surface area contributed by atoms with E-state index in [2.05, 4.69) is 5.10 Å². The number of hydrogen-bond donors (Lipinski definition) is 2. The summed E-state index contributed by atoms with van der Waals surface area (Å²) in [7, 11) is 1.52. The number of aliphatic carboxylic acids is 2. The first-order chi connectivity index (χ1) is 6.43. The number of hydrogen-bond acceptors (Lipinski definition) is 3. The van der Waals surface area contributed by atoms with Gasteiger partial charge in [0, 0.05) is 7.05 Å². The first-order valence-electron chi connectivity index (χ1n) is 3.89. The van der Waals surface area contributed by atoms with E-state index in [0.29, 0.717) is 5.69 Å². The minimum absolute atomic E-state index is 0.169. The minimum Gasteiger partial charge on any atom is -0.480 e. The SMILES string of the molecule is Cc1cc(C(C(=O)O)C(=O)O)n(C)n1. The van der Waals surface area contributed by atoms with Gasteiger partial charge < -0.3 is 10.2 Å². The average molecular weight is 198 g/mol. The molecule has 0 saturated carbocycles. The average Bonchev–Trinajstić information content (AvgIpc) is 2.29. The number of aryl methyl sites for hydroxylation is 2. The molecule has 6 heteroatoms. The van der Waals surface area contributed by atoms with Crippen LogP contribution < -0.4 is 0 Å². The van der Waals surface area contributed by atoms with Crippen molar-refractivity contribution < 1.29 is 19.8 Å². The zero-order valence-corrected chi connectivity index (χ0v) is 7.76. The smallest absolute Gasteiger partial charge is 0.324 e. The zero-order chi connectivity index (χ0) is 10.9. The Morgan fingerprint density at radius 3 is 2.21 bits per heavy atom. The molecule has 1 aromatic heterocycles. The minimum atomic E-state index is -1.55. The fourth-order valence-electron chi connectivity index (χ4n) is 1.26. The van der Waals surface area contributed by atoms with Crippen molar-refractivity contribution in [3.05, 3.63) is 17.5 Å². The molecule has 0 spiro atoms. The lowest BCUT2D eigenvalue weighted by Crippen LogP contribution is -2.23. The van der Waals surface area contributed by atoms with E-state index in [-0.39, 0.29) is 5.69 Å². The van der Waals surface area contributed by atoms with E-state index >= 15 is 0 Å². The van der Waals surface area contributed by atoms with Crippen molar-refractivity contribution >= 4 is 11.9 Å². The first-order valence-corrected chi connectivity index (χ1v) is 3.89. The molecular weight excluding hydrogens is 188 g/mol. The maximum absolute atomic E-state index is 10.7. The van der Waals surface area contributed by atoms with Crippen molar-refractivity contribution in [2.24, 2.45) is 7.05 Å². The standard InChI is InChI=1S/C8H10N2O4/c1-4-3-5(10(2)9-4)6(7(11)12)8(13)14/h3,6H,1-2H3,(H,11,12)(H,13,14). The molecule has 0 unspecified atom stereocenters. The molecular formula is C8H10N2O4. The van der Waals surface area contributed by atoms with Gasteiger partial charge in [-0.1, -0.05) is 0 Å². The molecule has 76 valence electrons. The van der Waals surface area contributed by atoms with E-state index in [1.807, 2.05) is 0 Å². The van der Waals surface area contributed by atoms with Gasteiger partial charge in [-0.15, -0.1) is 0 Å². The molecule has 6 nitrogen and oxygen atoms in total. The molecule has 0 aromatic carbocycles. The molecule has 0 bridgehead atoms. The van der Waals surface area contributed by atoms with Gasteiger partial charge >= 0.3 is 11.9 Å². The summed E-state index contributed by atoms with van der Waals surface area (Å²) in [5, 5.41) is 21.3. The lowest BCUT2D eigenvalue weighted by atomic mass is 10.1. The van der Waals surface area contributed by atoms with Gasteiger partial charge in [-0.05, 0) is 13.0 Å². The van der Waals surface area contributed by atoms with Crippen LogP contribution in [0.25, 0.3) is 0 Å². The Hall–Kier alpha value is -1.85. The molecule has 1 aromatic rings. The Morgan fingerprint density at radius 1 is 1.43 bits per heavy atom. The van der Waals surface area contributed by atoms with Gasteiger partial charge in [-0.3, -0.25) is 14.3 Å². The van der Waals surface area contributed by atoms with Crippen LogP contribution in [0.5, 0.6) is 0 Å². The van der Waals surface area contributed by atoms with Gasteiger partial charge in [0.1, 0.15) is 0 Å². The molecule has 0 saturated heterocycles. The zero-order valence-electron chi connectivity index (χ0n) is 7.76. The molecule has 1 rings (SSSR count). The van der Waals surface area contributed by atoms with Crippen LogP contribution in [0, 0.1) is 6.92 Å². The number of nitrogens with zero attached hydrogens (tertiary/aromatic N) is 2. The van der Waals surface area contributed by atoms with Gasteiger partial charge in [-0.2, -0.15) is 5.10 Å². The molecule has 0 amide bonds. The van der Waals surface area contributed by atoms with Crippen LogP contribution in [-0.2, 0) is 16.6 Å². The van der Waals surface area contributed by atoms with Crippen LogP contribution >= 0.6 is 0 Å². The van der Waals surface area contributed by atoms with E-state index < -0.39 is 17.9 Å². The number of aromatic nitrogens is 2. The topological polar surface area (TPSA) is 92.4 Å². The number of carboxylic acid groups (broad SMARTS) is 2. The summed E-state index contributed by atoms with van der Waals surface area (Å²) in [5.74, 6) is -4.33. The summed E-state index contributed by atoms with van der Waals surface area (Å²) in [5.41, 5.74) is 0.762. The summed E-state index contributed by atoms with van der Waals surface area (Å²) in [4.78, 5) is 21.4. The van der Waals surface area contributed by atoms with Crippen molar-refractivity contribution in [3.8, 4) is 0 Å². The number of carboxylic acids is 2. The van der Waals surface area contributed by atoms with Crippen molar-refractivity contribution in [3.63, 3.8) is 0 Å². The van der Waals surface area contributed by atoms with E-state index in [9.17, 15) is 9.59 Å². The number of carbonyl (C=O) groups is 2. The normalized spacial score (nSPS) is 10.5. The Labute approximate surface area is 79.8 Å². The van der Waals surface area contributed by atoms with Gasteiger partial charge in [0.15, 0.2) is 5.92 Å². The maximum atomic E-state index is 10.7. The highest BCUT2D eigenvalue weighted by Crippen LogP contribution is 2.16. The van der Waals surface area contributed by atoms with Crippen LogP contribution in [0.2, 0.25) is 0 Å². The van der Waals surface area contributed by atoms with Crippen molar-refractivity contribution in [2.45, 2.75) is 12.8 Å². The maximum Gasteiger partial charge on any atom is 0.324 e. The third-order valence-electron chi connectivity index (χ3n) is 1.83. The van der Waals surface area contributed by atoms with E-state index in [1.54, 1.807) is 6.92 Å². The van der Waals surface area contributed by atoms with Gasteiger partial charge in [0.05, 0.1) is 11.4 Å². The second kappa shape index (κ2) is 3.49. The predicted molar refractivity (Wildman–Crippen MR) is 46.0 cm³/mol. The van der Waals surface area contributed by atoms with Crippen LogP contribution in [0.1, 0.15) is 17.3 Å². The fraction of sp³-hybridized carbons (Fsp3) is 0.375. The van der Waals surface area contributed by atoms with E-state index in [1.165, 1.54) is 17.8 Å². The lowest BCUT2D eigenvalue weighted by Gasteiger charge is -2.06. The molecule has 2 N–H and O–H groups in total. The Balaban J connectivity index is 3.18. The van der Waals surface area contributed by atoms with Crippen molar-refractivity contribution in [1.29, 1.82) is 0 Å². The second-order valence-corrected chi connectivity index (χ2v) is 2.94. The molecule has 0 atom stereocenters. The fourth-order valence-corrected chi connectivity index (χ4v) is 1.26. The largest absolute Gasteiger partial charge is 0.480 e. The molecule has 0 radical (unpaired) electrons. The van der Waals surface area contributed by atoms with Crippen molar-refractivity contribution in [1.82, 2.24) is 9.78 Å². The summed E-state index contributed by atoms with van der Waals surface area (Å²) in [6, 6.07) is 1.45. The van der Waals surface area contributed by atoms with E-state index in [4.69, 9.17) is 10.2 Å². The third-order valence-corrected chi connectivity index (χ3v) is 1.83. The van der Waals surface area contributed by atoms with Crippen LogP contribution in [0.3, 0.4) is 0 Å². The summed E-state index contributed by atoms with van der Waals surface area (Å²) >= 11 is 0. The summed E-state index contributed by atoms with van der Waals surface area (Å²) in [6.07, 6.45) is 0. The molecule has 0 fully saturated rings. The molecule has 1 heterocycles. The second-order valence-electron chi connectivity index (χ2n) is 2.94. The van der Waals surface area contributed by atoms with Gasteiger partial charge in [0.2, 0.25) is 0 Å². The molecule has 0 aliphatic rings. The van der Waals surface area contributed by atoms with Gasteiger partial charge in [-0.25, -0.2) is 0 Å².